The molecular weight excluding hydrogens is 502 g/mol. The molecule has 0 aliphatic heterocycles. The number of Topliss-reactive ketones (excluding diaryl/α,β-unsaturated/α-hetero) is 2. The number of hydrogen-bond acceptors (Lipinski definition) is 7. The van der Waals surface area contributed by atoms with Crippen LogP contribution in [-0.2, 0) is 19.2 Å². The van der Waals surface area contributed by atoms with E-state index in [2.05, 4.69) is 26.1 Å². The van der Waals surface area contributed by atoms with Crippen molar-refractivity contribution in [2.75, 3.05) is 6.54 Å². The molecule has 0 aromatic heterocycles. The number of nitrogens with one attached hydrogen (secondary N) is 1. The summed E-state index contributed by atoms with van der Waals surface area (Å²) >= 11 is 0. The average molecular weight is 552 g/mol. The molecule has 0 unspecified atom stereocenters. The van der Waals surface area contributed by atoms with Crippen LogP contribution in [0.3, 0.4) is 0 Å². The Labute approximate surface area is 232 Å². The van der Waals surface area contributed by atoms with Gasteiger partial charge in [-0.25, -0.2) is 0 Å². The van der Waals surface area contributed by atoms with Gasteiger partial charge in [0.2, 0.25) is 5.91 Å². The van der Waals surface area contributed by atoms with Crippen molar-refractivity contribution < 1.29 is 39.6 Å². The van der Waals surface area contributed by atoms with E-state index in [1.54, 1.807) is 0 Å². The van der Waals surface area contributed by atoms with E-state index in [0.29, 0.717) is 25.2 Å². The number of carboxylic acids is 1. The highest BCUT2D eigenvalue weighted by Gasteiger charge is 2.65. The summed E-state index contributed by atoms with van der Waals surface area (Å²) in [6, 6.07) is 0. The molecule has 5 N–H and O–H groups in total. The Morgan fingerprint density at radius 1 is 0.923 bits per heavy atom. The molecule has 0 heterocycles. The highest BCUT2D eigenvalue weighted by atomic mass is 16.4. The third-order valence-corrected chi connectivity index (χ3v) is 11.3. The van der Waals surface area contributed by atoms with Crippen molar-refractivity contribution in [1.29, 1.82) is 0 Å². The van der Waals surface area contributed by atoms with Crippen molar-refractivity contribution in [3.8, 4) is 0 Å². The second-order valence-electron chi connectivity index (χ2n) is 13.3. The van der Waals surface area contributed by atoms with Gasteiger partial charge in [-0.2, -0.15) is 0 Å². The highest BCUT2D eigenvalue weighted by Crippen LogP contribution is 2.68. The standard InChI is InChI=1S/C26H43NO6.C4H6O2/c1-14(4-7-22(31)27-13-23(32)33)17-5-6-18-24-19(12-21(30)26(17,18)3)25(2)9-8-16(28)10-15(25)11-20(24)29;1-3(5)4(2)6/h14-21,24,28-30H,4-13H2,1-3H3,(H,27,31)(H,32,33);1-2H3/t14-,15+,16-,17-,18+,19+,20-,21+,24+,25+,26-;/m1./s1. The molecular formula is C30H49NO8. The number of hydrogen-bond donors (Lipinski definition) is 5. The van der Waals surface area contributed by atoms with Gasteiger partial charge in [-0.15, -0.1) is 0 Å². The zero-order chi connectivity index (χ0) is 29.3. The molecule has 4 rings (SSSR count). The summed E-state index contributed by atoms with van der Waals surface area (Å²) in [5.74, 6) is -0.495. The molecule has 0 aromatic carbocycles. The first kappa shape index (κ1) is 31.7. The van der Waals surface area contributed by atoms with E-state index in [1.165, 1.54) is 13.8 Å². The van der Waals surface area contributed by atoms with Crippen molar-refractivity contribution in [3.63, 3.8) is 0 Å². The normalized spacial score (nSPS) is 41.5. The van der Waals surface area contributed by atoms with Gasteiger partial charge >= 0.3 is 5.97 Å². The summed E-state index contributed by atoms with van der Waals surface area (Å²) in [6.45, 7) is 8.85. The number of ketones is 2. The van der Waals surface area contributed by atoms with Crippen LogP contribution in [0.1, 0.15) is 92.4 Å². The molecule has 11 atom stereocenters. The van der Waals surface area contributed by atoms with Crippen molar-refractivity contribution in [2.24, 2.45) is 46.3 Å². The Kier molecular flexibility index (Phi) is 10.0. The molecule has 9 nitrogen and oxygen atoms in total. The van der Waals surface area contributed by atoms with Crippen LogP contribution in [-0.4, -0.2) is 68.7 Å². The van der Waals surface area contributed by atoms with Crippen molar-refractivity contribution in [3.05, 3.63) is 0 Å². The predicted molar refractivity (Wildman–Crippen MR) is 144 cm³/mol. The van der Waals surface area contributed by atoms with Gasteiger partial charge in [0.15, 0.2) is 11.6 Å². The first-order chi connectivity index (χ1) is 18.1. The lowest BCUT2D eigenvalue weighted by Gasteiger charge is -2.63. The van der Waals surface area contributed by atoms with Crippen LogP contribution in [0.2, 0.25) is 0 Å². The second-order valence-corrected chi connectivity index (χ2v) is 13.3. The summed E-state index contributed by atoms with van der Waals surface area (Å²) < 4.78 is 0. The second kappa shape index (κ2) is 12.4. The molecule has 0 bridgehead atoms. The van der Waals surface area contributed by atoms with Crippen LogP contribution in [0.15, 0.2) is 0 Å². The first-order valence-corrected chi connectivity index (χ1v) is 14.7. The molecule has 9 heteroatoms. The van der Waals surface area contributed by atoms with Gasteiger partial charge in [0.05, 0.1) is 18.3 Å². The molecule has 39 heavy (non-hydrogen) atoms. The SMILES string of the molecule is CC(=O)C(C)=O.C[C@H](CCC(=O)NCC(=O)O)[C@H]1CC[C@H]2[C@@H]3[C@H](O)C[C@@H]4C[C@H](O)CC[C@]4(C)[C@H]3C[C@H](O)[C@]12C. The monoisotopic (exact) mass is 551 g/mol. The third-order valence-electron chi connectivity index (χ3n) is 11.3. The highest BCUT2D eigenvalue weighted by molar-refractivity contribution is 6.35. The lowest BCUT2D eigenvalue weighted by molar-refractivity contribution is -0.207. The van der Waals surface area contributed by atoms with E-state index in [-0.39, 0.29) is 76.6 Å². The topological polar surface area (TPSA) is 161 Å². The molecule has 222 valence electrons. The van der Waals surface area contributed by atoms with Crippen LogP contribution in [0.5, 0.6) is 0 Å². The number of fused-ring (bicyclic) bond motifs is 5. The lowest BCUT2D eigenvalue weighted by Crippen LogP contribution is -2.62. The fourth-order valence-electron chi connectivity index (χ4n) is 8.95. The molecule has 1 amide bonds. The molecule has 0 spiro atoms. The van der Waals surface area contributed by atoms with E-state index in [1.807, 2.05) is 0 Å². The van der Waals surface area contributed by atoms with Crippen LogP contribution < -0.4 is 5.32 Å². The van der Waals surface area contributed by atoms with E-state index < -0.39 is 12.1 Å². The first-order valence-electron chi connectivity index (χ1n) is 14.7. The van der Waals surface area contributed by atoms with Gasteiger partial charge in [-0.1, -0.05) is 20.8 Å². The number of aliphatic hydroxyl groups excluding tert-OH is 3. The Morgan fingerprint density at radius 3 is 2.15 bits per heavy atom. The van der Waals surface area contributed by atoms with Gasteiger partial charge in [0.1, 0.15) is 6.54 Å². The molecule has 4 aliphatic rings. The predicted octanol–water partition coefficient (Wildman–Crippen LogP) is 2.73. The van der Waals surface area contributed by atoms with E-state index in [4.69, 9.17) is 5.11 Å². The van der Waals surface area contributed by atoms with Crippen LogP contribution >= 0.6 is 0 Å². The summed E-state index contributed by atoms with van der Waals surface area (Å²) in [6.07, 6.45) is 5.86. The molecule has 0 radical (unpaired) electrons. The maximum Gasteiger partial charge on any atom is 0.322 e. The van der Waals surface area contributed by atoms with Crippen LogP contribution in [0.25, 0.3) is 0 Å². The maximum absolute atomic E-state index is 12.0. The Hall–Kier alpha value is -1.84. The van der Waals surface area contributed by atoms with E-state index in [9.17, 15) is 34.5 Å². The average Bonchev–Trinajstić information content (AvgIpc) is 3.21. The van der Waals surface area contributed by atoms with Gasteiger partial charge in [-0.05, 0) is 97.7 Å². The Morgan fingerprint density at radius 2 is 1.56 bits per heavy atom. The smallest absolute Gasteiger partial charge is 0.322 e. The molecule has 4 fully saturated rings. The molecule has 4 saturated carbocycles. The maximum atomic E-state index is 12.0. The summed E-state index contributed by atoms with van der Waals surface area (Å²) in [5.41, 5.74) is -0.214. The number of carbonyl (C=O) groups is 4. The van der Waals surface area contributed by atoms with E-state index in [0.717, 1.165) is 38.5 Å². The van der Waals surface area contributed by atoms with Gasteiger partial charge in [0.25, 0.3) is 0 Å². The van der Waals surface area contributed by atoms with E-state index >= 15 is 0 Å². The number of rotatable bonds is 7. The minimum atomic E-state index is -1.04. The van der Waals surface area contributed by atoms with Gasteiger partial charge in [-0.3, -0.25) is 19.2 Å². The quantitative estimate of drug-likeness (QED) is 0.302. The zero-order valence-corrected chi connectivity index (χ0v) is 24.2. The van der Waals surface area contributed by atoms with Crippen LogP contribution in [0.4, 0.5) is 0 Å². The molecule has 4 aliphatic carbocycles. The number of amides is 1. The summed E-state index contributed by atoms with van der Waals surface area (Å²) in [4.78, 5) is 42.3. The number of carboxylic acid groups (broad SMARTS) is 1. The number of aliphatic carboxylic acids is 1. The minimum Gasteiger partial charge on any atom is -0.480 e. The number of aliphatic hydroxyl groups is 3. The minimum absolute atomic E-state index is 0.0668. The van der Waals surface area contributed by atoms with Crippen molar-refractivity contribution >= 4 is 23.4 Å². The number of carbonyl (C=O) groups excluding carboxylic acids is 3. The van der Waals surface area contributed by atoms with Crippen molar-refractivity contribution in [2.45, 2.75) is 111 Å². The van der Waals surface area contributed by atoms with Crippen molar-refractivity contribution in [1.82, 2.24) is 5.32 Å². The fraction of sp³-hybridized carbons (Fsp3) is 0.867. The Bertz CT molecular complexity index is 926. The summed E-state index contributed by atoms with van der Waals surface area (Å²) in [7, 11) is 0. The van der Waals surface area contributed by atoms with Gasteiger partial charge < -0.3 is 25.7 Å². The van der Waals surface area contributed by atoms with Crippen LogP contribution in [0, 0.1) is 46.3 Å². The third kappa shape index (κ3) is 6.41. The summed E-state index contributed by atoms with van der Waals surface area (Å²) in [5, 5.41) is 44.4. The lowest BCUT2D eigenvalue weighted by atomic mass is 9.43. The largest absolute Gasteiger partial charge is 0.480 e. The fourth-order valence-corrected chi connectivity index (χ4v) is 8.95. The zero-order valence-electron chi connectivity index (χ0n) is 24.2. The Balaban J connectivity index is 0.000000631. The molecule has 0 aromatic rings. The molecule has 0 saturated heterocycles. The van der Waals surface area contributed by atoms with Gasteiger partial charge in [0, 0.05) is 20.3 Å².